The van der Waals surface area contributed by atoms with E-state index in [4.69, 9.17) is 4.74 Å². The summed E-state index contributed by atoms with van der Waals surface area (Å²) in [5.41, 5.74) is 0.923. The number of hydrogen-bond donors (Lipinski definition) is 1. The van der Waals surface area contributed by atoms with E-state index in [1.165, 1.54) is 6.07 Å². The molecule has 1 aromatic rings. The van der Waals surface area contributed by atoms with Crippen molar-refractivity contribution < 1.29 is 9.13 Å². The highest BCUT2D eigenvalue weighted by atomic mass is 79.9. The molecule has 0 aliphatic carbocycles. The quantitative estimate of drug-likeness (QED) is 0.870. The molecule has 0 fully saturated rings. The van der Waals surface area contributed by atoms with Gasteiger partial charge in [0.25, 0.3) is 0 Å². The van der Waals surface area contributed by atoms with Gasteiger partial charge in [-0.3, -0.25) is 0 Å². The van der Waals surface area contributed by atoms with E-state index in [1.807, 2.05) is 0 Å². The fourth-order valence-corrected chi connectivity index (χ4v) is 1.97. The third-order valence-electron chi connectivity index (χ3n) is 2.71. The standard InChI is InChI=1S/C13H19BrFNO/c1-9(2)13(8-17-3)16-7-10-6-11(15)4-5-12(10)14/h4-6,9,13,16H,7-8H2,1-3H3. The predicted octanol–water partition coefficient (Wildman–Crippen LogP) is 3.35. The Labute approximate surface area is 111 Å². The molecule has 0 saturated heterocycles. The van der Waals surface area contributed by atoms with Crippen molar-refractivity contribution in [3.05, 3.63) is 34.1 Å². The van der Waals surface area contributed by atoms with Crippen molar-refractivity contribution >= 4 is 15.9 Å². The fourth-order valence-electron chi connectivity index (χ4n) is 1.59. The van der Waals surface area contributed by atoms with E-state index >= 15 is 0 Å². The molecule has 0 bridgehead atoms. The van der Waals surface area contributed by atoms with Crippen molar-refractivity contribution in [1.82, 2.24) is 5.32 Å². The summed E-state index contributed by atoms with van der Waals surface area (Å²) in [7, 11) is 1.69. The molecule has 0 spiro atoms. The highest BCUT2D eigenvalue weighted by Gasteiger charge is 2.13. The fraction of sp³-hybridized carbons (Fsp3) is 0.538. The van der Waals surface area contributed by atoms with Gasteiger partial charge < -0.3 is 10.1 Å². The highest BCUT2D eigenvalue weighted by Crippen LogP contribution is 2.18. The summed E-state index contributed by atoms with van der Waals surface area (Å²) in [6.45, 7) is 5.56. The van der Waals surface area contributed by atoms with Crippen LogP contribution in [-0.2, 0) is 11.3 Å². The predicted molar refractivity (Wildman–Crippen MR) is 71.4 cm³/mol. The SMILES string of the molecule is COCC(NCc1cc(F)ccc1Br)C(C)C. The van der Waals surface area contributed by atoms with Crippen LogP contribution in [0.4, 0.5) is 4.39 Å². The maximum atomic E-state index is 13.1. The van der Waals surface area contributed by atoms with Gasteiger partial charge in [0.05, 0.1) is 6.61 Å². The van der Waals surface area contributed by atoms with Crippen LogP contribution < -0.4 is 5.32 Å². The first-order chi connectivity index (χ1) is 8.04. The number of halogens is 2. The first-order valence-electron chi connectivity index (χ1n) is 5.70. The summed E-state index contributed by atoms with van der Waals surface area (Å²) in [6.07, 6.45) is 0. The lowest BCUT2D eigenvalue weighted by molar-refractivity contribution is 0.146. The maximum Gasteiger partial charge on any atom is 0.123 e. The molecule has 96 valence electrons. The van der Waals surface area contributed by atoms with E-state index in [1.54, 1.807) is 19.2 Å². The third kappa shape index (κ3) is 4.74. The lowest BCUT2D eigenvalue weighted by Crippen LogP contribution is -2.37. The smallest absolute Gasteiger partial charge is 0.123 e. The number of methoxy groups -OCH3 is 1. The van der Waals surface area contributed by atoms with E-state index in [0.29, 0.717) is 19.1 Å². The lowest BCUT2D eigenvalue weighted by atomic mass is 10.0. The van der Waals surface area contributed by atoms with Crippen molar-refractivity contribution in [2.75, 3.05) is 13.7 Å². The van der Waals surface area contributed by atoms with Crippen LogP contribution in [0.3, 0.4) is 0 Å². The van der Waals surface area contributed by atoms with Crippen molar-refractivity contribution in [2.45, 2.75) is 26.4 Å². The summed E-state index contributed by atoms with van der Waals surface area (Å²) in [6, 6.07) is 4.99. The Morgan fingerprint density at radius 3 is 2.71 bits per heavy atom. The second kappa shape index (κ2) is 7.09. The number of benzene rings is 1. The summed E-state index contributed by atoms with van der Waals surface area (Å²) >= 11 is 3.42. The molecule has 2 nitrogen and oxygen atoms in total. The van der Waals surface area contributed by atoms with Gasteiger partial charge in [-0.15, -0.1) is 0 Å². The zero-order valence-electron chi connectivity index (χ0n) is 10.5. The number of ether oxygens (including phenoxy) is 1. The molecule has 4 heteroatoms. The minimum absolute atomic E-state index is 0.210. The molecular weight excluding hydrogens is 285 g/mol. The van der Waals surface area contributed by atoms with E-state index < -0.39 is 0 Å². The van der Waals surface area contributed by atoms with Gasteiger partial charge in [0.2, 0.25) is 0 Å². The Kier molecular flexibility index (Phi) is 6.09. The topological polar surface area (TPSA) is 21.3 Å². The van der Waals surface area contributed by atoms with Crippen molar-refractivity contribution in [1.29, 1.82) is 0 Å². The van der Waals surface area contributed by atoms with Crippen molar-refractivity contribution in [2.24, 2.45) is 5.92 Å². The van der Waals surface area contributed by atoms with Gasteiger partial charge in [-0.05, 0) is 29.7 Å². The summed E-state index contributed by atoms with van der Waals surface area (Å²) < 4.78 is 19.2. The molecule has 0 aromatic heterocycles. The molecule has 1 N–H and O–H groups in total. The third-order valence-corrected chi connectivity index (χ3v) is 3.49. The van der Waals surface area contributed by atoms with Gasteiger partial charge in [0.1, 0.15) is 5.82 Å². The average Bonchev–Trinajstić information content (AvgIpc) is 2.28. The molecule has 1 atom stereocenters. The normalized spacial score (nSPS) is 13.1. The molecule has 0 aliphatic heterocycles. The van der Waals surface area contributed by atoms with Crippen LogP contribution in [0.2, 0.25) is 0 Å². The maximum absolute atomic E-state index is 13.1. The Balaban J connectivity index is 2.61. The first kappa shape index (κ1) is 14.6. The van der Waals surface area contributed by atoms with Crippen LogP contribution in [0.15, 0.2) is 22.7 Å². The average molecular weight is 304 g/mol. The van der Waals surface area contributed by atoms with E-state index in [0.717, 1.165) is 10.0 Å². The number of rotatable bonds is 6. The minimum Gasteiger partial charge on any atom is -0.383 e. The molecule has 1 unspecified atom stereocenters. The van der Waals surface area contributed by atoms with Gasteiger partial charge in [-0.25, -0.2) is 4.39 Å². The number of hydrogen-bond acceptors (Lipinski definition) is 2. The van der Waals surface area contributed by atoms with Crippen LogP contribution in [0.1, 0.15) is 19.4 Å². The van der Waals surface area contributed by atoms with Gasteiger partial charge in [0.15, 0.2) is 0 Å². The molecule has 1 rings (SSSR count). The second-order valence-corrected chi connectivity index (χ2v) is 5.28. The van der Waals surface area contributed by atoms with Crippen molar-refractivity contribution in [3.8, 4) is 0 Å². The Bertz CT molecular complexity index is 357. The van der Waals surface area contributed by atoms with Gasteiger partial charge in [0, 0.05) is 24.2 Å². The Morgan fingerprint density at radius 2 is 2.12 bits per heavy atom. The Hall–Kier alpha value is -0.450. The second-order valence-electron chi connectivity index (χ2n) is 4.42. The minimum atomic E-state index is -0.210. The van der Waals surface area contributed by atoms with E-state index in [2.05, 4.69) is 35.1 Å². The molecule has 0 saturated carbocycles. The van der Waals surface area contributed by atoms with Gasteiger partial charge in [-0.2, -0.15) is 0 Å². The largest absolute Gasteiger partial charge is 0.383 e. The molecular formula is C13H19BrFNO. The summed E-state index contributed by atoms with van der Waals surface area (Å²) in [5, 5.41) is 3.38. The molecule has 0 aliphatic rings. The van der Waals surface area contributed by atoms with Gasteiger partial charge in [-0.1, -0.05) is 29.8 Å². The number of nitrogens with one attached hydrogen (secondary N) is 1. The Morgan fingerprint density at radius 1 is 1.41 bits per heavy atom. The zero-order chi connectivity index (χ0) is 12.8. The van der Waals surface area contributed by atoms with E-state index in [-0.39, 0.29) is 11.9 Å². The van der Waals surface area contributed by atoms with Crippen LogP contribution >= 0.6 is 15.9 Å². The van der Waals surface area contributed by atoms with Crippen molar-refractivity contribution in [3.63, 3.8) is 0 Å². The highest BCUT2D eigenvalue weighted by molar-refractivity contribution is 9.10. The molecule has 1 aromatic carbocycles. The molecule has 17 heavy (non-hydrogen) atoms. The summed E-state index contributed by atoms with van der Waals surface area (Å²) in [5.74, 6) is 0.264. The van der Waals surface area contributed by atoms with Gasteiger partial charge >= 0.3 is 0 Å². The first-order valence-corrected chi connectivity index (χ1v) is 6.50. The molecule has 0 radical (unpaired) electrons. The lowest BCUT2D eigenvalue weighted by Gasteiger charge is -2.22. The summed E-state index contributed by atoms with van der Waals surface area (Å²) in [4.78, 5) is 0. The molecule has 0 heterocycles. The molecule has 0 amide bonds. The van der Waals surface area contributed by atoms with Crippen LogP contribution in [0.5, 0.6) is 0 Å². The van der Waals surface area contributed by atoms with E-state index in [9.17, 15) is 4.39 Å². The van der Waals surface area contributed by atoms with Crippen LogP contribution in [0.25, 0.3) is 0 Å². The zero-order valence-corrected chi connectivity index (χ0v) is 12.1. The van der Waals surface area contributed by atoms with Crippen LogP contribution in [0, 0.1) is 11.7 Å². The van der Waals surface area contributed by atoms with Crippen LogP contribution in [-0.4, -0.2) is 19.8 Å². The monoisotopic (exact) mass is 303 g/mol.